The van der Waals surface area contributed by atoms with Gasteiger partial charge in [0.2, 0.25) is 0 Å². The van der Waals surface area contributed by atoms with Crippen LogP contribution in [0.15, 0.2) is 73.4 Å². The van der Waals surface area contributed by atoms with Gasteiger partial charge in [-0.15, -0.1) is 0 Å². The summed E-state index contributed by atoms with van der Waals surface area (Å²) in [5, 5.41) is 27.9. The zero-order valence-corrected chi connectivity index (χ0v) is 24.2. The summed E-state index contributed by atoms with van der Waals surface area (Å²) in [6.07, 6.45) is 8.46. The van der Waals surface area contributed by atoms with Gasteiger partial charge in [0.15, 0.2) is 0 Å². The minimum Gasteiger partial charge on any atom is -0.386 e. The van der Waals surface area contributed by atoms with E-state index in [1.54, 1.807) is 49.1 Å². The molecular weight excluding hydrogens is 564 g/mol. The number of anilines is 1. The maximum absolute atomic E-state index is 12.6. The van der Waals surface area contributed by atoms with Crippen LogP contribution in [0.5, 0.6) is 0 Å². The van der Waals surface area contributed by atoms with Crippen molar-refractivity contribution in [2.75, 3.05) is 18.0 Å². The second-order valence-corrected chi connectivity index (χ2v) is 12.0. The molecule has 1 saturated carbocycles. The smallest absolute Gasteiger partial charge is 0.271 e. The Morgan fingerprint density at radius 1 is 1.07 bits per heavy atom. The molecule has 0 bridgehead atoms. The third-order valence-corrected chi connectivity index (χ3v) is 8.65. The predicted octanol–water partition coefficient (Wildman–Crippen LogP) is 4.47. The van der Waals surface area contributed by atoms with Crippen molar-refractivity contribution >= 4 is 28.8 Å². The van der Waals surface area contributed by atoms with E-state index < -0.39 is 5.60 Å². The number of pyridine rings is 4. The van der Waals surface area contributed by atoms with E-state index in [0.717, 1.165) is 41.3 Å². The van der Waals surface area contributed by atoms with Gasteiger partial charge in [-0.1, -0.05) is 17.7 Å². The second kappa shape index (κ2) is 10.2. The molecule has 11 heteroatoms. The zero-order chi connectivity index (χ0) is 29.9. The highest BCUT2D eigenvalue weighted by atomic mass is 35.5. The van der Waals surface area contributed by atoms with E-state index in [0.29, 0.717) is 33.5 Å². The molecule has 0 spiro atoms. The highest BCUT2D eigenvalue weighted by molar-refractivity contribution is 6.33. The Kier molecular flexibility index (Phi) is 6.38. The van der Waals surface area contributed by atoms with Crippen LogP contribution in [-0.2, 0) is 5.60 Å². The van der Waals surface area contributed by atoms with Crippen molar-refractivity contribution in [3.8, 4) is 28.5 Å². The lowest BCUT2D eigenvalue weighted by molar-refractivity contribution is 0.0782. The van der Waals surface area contributed by atoms with Gasteiger partial charge < -0.3 is 15.3 Å². The zero-order valence-electron chi connectivity index (χ0n) is 23.4. The third-order valence-electron chi connectivity index (χ3n) is 8.35. The first kappa shape index (κ1) is 27.0. The summed E-state index contributed by atoms with van der Waals surface area (Å²) < 4.78 is 1.70. The fourth-order valence-electron chi connectivity index (χ4n) is 5.92. The Morgan fingerprint density at radius 3 is 2.53 bits per heavy atom. The van der Waals surface area contributed by atoms with Crippen LogP contribution >= 0.6 is 11.6 Å². The second-order valence-electron chi connectivity index (χ2n) is 11.6. The lowest BCUT2D eigenvalue weighted by Crippen LogP contribution is -2.35. The lowest BCUT2D eigenvalue weighted by atomic mass is 9.99. The van der Waals surface area contributed by atoms with E-state index >= 15 is 0 Å². The van der Waals surface area contributed by atoms with Gasteiger partial charge >= 0.3 is 0 Å². The molecule has 1 unspecified atom stereocenters. The van der Waals surface area contributed by atoms with Crippen molar-refractivity contribution in [1.29, 1.82) is 5.26 Å². The maximum atomic E-state index is 12.6. The number of nitrogens with zero attached hydrogens (tertiary/aromatic N) is 7. The van der Waals surface area contributed by atoms with Crippen LogP contribution in [0.4, 0.5) is 5.82 Å². The number of hydrogen-bond donors (Lipinski definition) is 2. The minimum absolute atomic E-state index is 0.106. The van der Waals surface area contributed by atoms with Gasteiger partial charge in [0, 0.05) is 78.0 Å². The summed E-state index contributed by atoms with van der Waals surface area (Å²) in [6, 6.07) is 15.4. The van der Waals surface area contributed by atoms with E-state index in [1.165, 1.54) is 0 Å². The van der Waals surface area contributed by atoms with E-state index in [9.17, 15) is 15.2 Å². The Bertz CT molecular complexity index is 1900. The average Bonchev–Trinajstić information content (AvgIpc) is 3.32. The van der Waals surface area contributed by atoms with Crippen LogP contribution in [0.25, 0.3) is 27.9 Å². The summed E-state index contributed by atoms with van der Waals surface area (Å²) in [6.45, 7) is 5.04. The van der Waals surface area contributed by atoms with Gasteiger partial charge in [-0.25, -0.2) is 14.5 Å². The Balaban J connectivity index is 1.11. The molecule has 0 radical (unpaired) electrons. The lowest BCUT2D eigenvalue weighted by Gasteiger charge is -2.21. The molecule has 1 saturated heterocycles. The molecule has 2 fully saturated rings. The molecule has 5 aromatic rings. The van der Waals surface area contributed by atoms with Gasteiger partial charge in [-0.2, -0.15) is 10.4 Å². The quantitative estimate of drug-likeness (QED) is 0.296. The molecule has 3 atom stereocenters. The molecule has 7 rings (SSSR count). The standard InChI is InChI=1S/C32H27ClN8O2/c1-32(2,43)21-6-7-26(36-14-21)19-10-22(30-20(11-34)13-38-41(30)15-19)18-5-8-27(37-12-18)40-16-23-24(17-40)28(23)39-31(42)29-25(33)4-3-9-35-29/h3-10,12-15,23-24,28,43H,16-17H2,1-2H3,(H,39,42)/t23-,24+,28?. The molecule has 1 amide bonds. The summed E-state index contributed by atoms with van der Waals surface area (Å²) in [5.41, 5.74) is 4.35. The summed E-state index contributed by atoms with van der Waals surface area (Å²) in [7, 11) is 0. The van der Waals surface area contributed by atoms with E-state index in [1.807, 2.05) is 42.7 Å². The predicted molar refractivity (Wildman–Crippen MR) is 161 cm³/mol. The molecule has 43 heavy (non-hydrogen) atoms. The minimum atomic E-state index is -0.990. The highest BCUT2D eigenvalue weighted by Gasteiger charge is 2.56. The molecule has 6 heterocycles. The third kappa shape index (κ3) is 4.86. The monoisotopic (exact) mass is 590 g/mol. The van der Waals surface area contributed by atoms with Crippen molar-refractivity contribution in [3.63, 3.8) is 0 Å². The number of nitriles is 1. The van der Waals surface area contributed by atoms with Crippen LogP contribution in [0.3, 0.4) is 0 Å². The number of aliphatic hydroxyl groups is 1. The van der Waals surface area contributed by atoms with Crippen LogP contribution in [0.1, 0.15) is 35.5 Å². The number of carbonyl (C=O) groups is 1. The molecule has 0 aromatic carbocycles. The first-order chi connectivity index (χ1) is 20.7. The molecule has 1 aliphatic carbocycles. The van der Waals surface area contributed by atoms with Crippen molar-refractivity contribution in [2.45, 2.75) is 25.5 Å². The summed E-state index contributed by atoms with van der Waals surface area (Å²) in [5.74, 6) is 1.32. The number of hydrogen-bond acceptors (Lipinski definition) is 8. The molecule has 1 aliphatic heterocycles. The van der Waals surface area contributed by atoms with Crippen molar-refractivity contribution < 1.29 is 9.90 Å². The Hall–Kier alpha value is -4.85. The van der Waals surface area contributed by atoms with Gasteiger partial charge in [0.05, 0.1) is 33.6 Å². The first-order valence-corrected chi connectivity index (χ1v) is 14.3. The molecule has 214 valence electrons. The highest BCUT2D eigenvalue weighted by Crippen LogP contribution is 2.47. The number of fused-ring (bicyclic) bond motifs is 2. The number of nitrogens with one attached hydrogen (secondary N) is 1. The Labute approximate surface area is 252 Å². The van der Waals surface area contributed by atoms with Crippen molar-refractivity contribution in [3.05, 3.63) is 95.3 Å². The fourth-order valence-corrected chi connectivity index (χ4v) is 6.13. The van der Waals surface area contributed by atoms with Gasteiger partial charge in [-0.05, 0) is 50.2 Å². The van der Waals surface area contributed by atoms with Crippen molar-refractivity contribution in [2.24, 2.45) is 11.8 Å². The van der Waals surface area contributed by atoms with E-state index in [4.69, 9.17) is 16.6 Å². The molecule has 5 aromatic heterocycles. The summed E-state index contributed by atoms with van der Waals surface area (Å²) >= 11 is 6.13. The fraction of sp³-hybridized carbons (Fsp3) is 0.250. The SMILES string of the molecule is CC(C)(O)c1ccc(-c2cc(-c3ccc(N4C[C@@H]5C(NC(=O)c6ncccc6Cl)[C@@H]5C4)nc3)c3c(C#N)cnn3c2)nc1. The number of rotatable bonds is 6. The summed E-state index contributed by atoms with van der Waals surface area (Å²) in [4.78, 5) is 28.3. The van der Waals surface area contributed by atoms with Crippen LogP contribution in [0, 0.1) is 23.2 Å². The normalized spacial score (nSPS) is 19.2. The van der Waals surface area contributed by atoms with Gasteiger partial charge in [0.1, 0.15) is 17.6 Å². The maximum Gasteiger partial charge on any atom is 0.271 e. The van der Waals surface area contributed by atoms with Gasteiger partial charge in [-0.3, -0.25) is 9.78 Å². The number of amides is 1. The number of piperidine rings is 1. The molecule has 2 aliphatic rings. The van der Waals surface area contributed by atoms with Crippen molar-refractivity contribution in [1.82, 2.24) is 29.9 Å². The van der Waals surface area contributed by atoms with E-state index in [-0.39, 0.29) is 17.6 Å². The Morgan fingerprint density at radius 2 is 1.88 bits per heavy atom. The van der Waals surface area contributed by atoms with Gasteiger partial charge in [0.25, 0.3) is 5.91 Å². The molecule has 2 N–H and O–H groups in total. The largest absolute Gasteiger partial charge is 0.386 e. The van der Waals surface area contributed by atoms with Crippen LogP contribution < -0.4 is 10.2 Å². The first-order valence-electron chi connectivity index (χ1n) is 13.9. The van der Waals surface area contributed by atoms with Crippen LogP contribution in [0.2, 0.25) is 5.02 Å². The van der Waals surface area contributed by atoms with E-state index in [2.05, 4.69) is 31.4 Å². The average molecular weight is 591 g/mol. The number of halogens is 1. The number of aromatic nitrogens is 5. The topological polar surface area (TPSA) is 132 Å². The number of carbonyl (C=O) groups excluding carboxylic acids is 1. The molecular formula is C32H27ClN8O2. The molecule has 10 nitrogen and oxygen atoms in total. The van der Waals surface area contributed by atoms with Crippen LogP contribution in [-0.4, -0.2) is 54.7 Å².